The highest BCUT2D eigenvalue weighted by Crippen LogP contribution is 2.38. The summed E-state index contributed by atoms with van der Waals surface area (Å²) in [5.41, 5.74) is -2.01. The Balaban J connectivity index is 0.000000658. The standard InChI is InChI=1S/C25H36NO.CHF3O3S/c1-9-26(10-2)21-15-13-19(14-16-21)11-12-20-17-22(24(3,4)5)27-23(18-20)25(6,7)8;2-1(3,4)8(5,6)7/h11-18H,9-10H2,1-8H3;(H,5,6,7)/q+1;/p-1. The Morgan fingerprint density at radius 1 is 0.829 bits per heavy atom. The molecule has 2 rings (SSSR count). The molecule has 1 aliphatic carbocycles. The van der Waals surface area contributed by atoms with E-state index in [2.05, 4.69) is 109 Å². The highest BCUT2D eigenvalue weighted by molar-refractivity contribution is 7.86. The van der Waals surface area contributed by atoms with Crippen LogP contribution in [0.3, 0.4) is 0 Å². The Kier molecular flexibility index (Phi) is 10.1. The van der Waals surface area contributed by atoms with Gasteiger partial charge in [0.1, 0.15) is 24.6 Å². The van der Waals surface area contributed by atoms with E-state index in [4.69, 9.17) is 17.7 Å². The third kappa shape index (κ3) is 9.64. The molecular formula is C26H36F3NO4S. The first-order valence-electron chi connectivity index (χ1n) is 11.3. The summed E-state index contributed by atoms with van der Waals surface area (Å²) in [5, 5.41) is 0. The summed E-state index contributed by atoms with van der Waals surface area (Å²) >= 11 is 0. The maximum atomic E-state index is 10.7. The van der Waals surface area contributed by atoms with Crippen LogP contribution in [0.4, 0.5) is 13.2 Å². The highest BCUT2D eigenvalue weighted by Gasteiger charge is 2.37. The monoisotopic (exact) mass is 515 g/mol. The molecule has 0 N–H and O–H groups in total. The van der Waals surface area contributed by atoms with Gasteiger partial charge in [0.15, 0.2) is 15.8 Å². The van der Waals surface area contributed by atoms with Crippen LogP contribution in [0.2, 0.25) is 0 Å². The SMILES string of the molecule is CC[N+](CC)=C1C=CC(=CC=C2C=C(C(C)(C)C)OC(C(C)(C)C)=C2)C=C1.O=S(=O)([O-])C(F)(F)F. The quantitative estimate of drug-likeness (QED) is 0.248. The molecule has 0 bridgehead atoms. The lowest BCUT2D eigenvalue weighted by Crippen LogP contribution is -2.21. The zero-order valence-corrected chi connectivity index (χ0v) is 22.5. The molecule has 0 aromatic heterocycles. The largest absolute Gasteiger partial charge is 0.741 e. The van der Waals surface area contributed by atoms with E-state index in [0.717, 1.165) is 24.6 Å². The summed E-state index contributed by atoms with van der Waals surface area (Å²) in [6.07, 6.45) is 17.5. The topological polar surface area (TPSA) is 69.4 Å². The molecule has 5 nitrogen and oxygen atoms in total. The van der Waals surface area contributed by atoms with Crippen molar-refractivity contribution in [2.24, 2.45) is 10.8 Å². The van der Waals surface area contributed by atoms with Crippen LogP contribution in [0.5, 0.6) is 0 Å². The van der Waals surface area contributed by atoms with Crippen LogP contribution in [0.1, 0.15) is 55.4 Å². The van der Waals surface area contributed by atoms with Gasteiger partial charge in [-0.2, -0.15) is 13.2 Å². The smallest absolute Gasteiger partial charge is 0.485 e. The zero-order chi connectivity index (χ0) is 27.2. The Labute approximate surface area is 207 Å². The minimum atomic E-state index is -6.09. The number of halogens is 3. The lowest BCUT2D eigenvalue weighted by Gasteiger charge is -2.32. The van der Waals surface area contributed by atoms with Gasteiger partial charge in [0, 0.05) is 23.0 Å². The van der Waals surface area contributed by atoms with Gasteiger partial charge in [-0.25, -0.2) is 13.0 Å². The Morgan fingerprint density at radius 3 is 1.51 bits per heavy atom. The van der Waals surface area contributed by atoms with Gasteiger partial charge in [0.05, 0.1) is 0 Å². The van der Waals surface area contributed by atoms with Gasteiger partial charge in [0.25, 0.3) is 0 Å². The highest BCUT2D eigenvalue weighted by atomic mass is 32.2. The van der Waals surface area contributed by atoms with Gasteiger partial charge in [-0.3, -0.25) is 0 Å². The second-order valence-electron chi connectivity index (χ2n) is 10.1. The zero-order valence-electron chi connectivity index (χ0n) is 21.7. The van der Waals surface area contributed by atoms with E-state index in [0.29, 0.717) is 0 Å². The second kappa shape index (κ2) is 11.6. The average molecular weight is 516 g/mol. The predicted molar refractivity (Wildman–Crippen MR) is 133 cm³/mol. The number of ether oxygens (including phenoxy) is 1. The summed E-state index contributed by atoms with van der Waals surface area (Å²) < 4.78 is 67.5. The fourth-order valence-corrected chi connectivity index (χ4v) is 2.93. The Bertz CT molecular complexity index is 1050. The molecule has 0 unspecified atom stereocenters. The van der Waals surface area contributed by atoms with Gasteiger partial charge < -0.3 is 9.29 Å². The lowest BCUT2D eigenvalue weighted by molar-refractivity contribution is -0.519. The maximum Gasteiger partial charge on any atom is 0.485 e. The fourth-order valence-electron chi connectivity index (χ4n) is 2.93. The molecule has 0 spiro atoms. The van der Waals surface area contributed by atoms with Crippen LogP contribution in [-0.4, -0.2) is 41.9 Å². The molecule has 9 heteroatoms. The van der Waals surface area contributed by atoms with E-state index in [1.54, 1.807) is 0 Å². The molecule has 196 valence electrons. The molecule has 1 aliphatic heterocycles. The minimum Gasteiger partial charge on any atom is -0.741 e. The number of rotatable bonds is 3. The molecule has 0 saturated heterocycles. The minimum absolute atomic E-state index is 0.0186. The molecule has 0 saturated carbocycles. The third-order valence-corrected chi connectivity index (χ3v) is 5.63. The maximum absolute atomic E-state index is 10.7. The Morgan fingerprint density at radius 2 is 1.20 bits per heavy atom. The van der Waals surface area contributed by atoms with Gasteiger partial charge in [0.2, 0.25) is 0 Å². The van der Waals surface area contributed by atoms with Crippen LogP contribution >= 0.6 is 0 Å². The molecule has 0 radical (unpaired) electrons. The molecule has 2 aliphatic rings. The van der Waals surface area contributed by atoms with Crippen LogP contribution in [-0.2, 0) is 14.9 Å². The van der Waals surface area contributed by atoms with Gasteiger partial charge in [-0.05, 0) is 49.3 Å². The van der Waals surface area contributed by atoms with E-state index >= 15 is 0 Å². The predicted octanol–water partition coefficient (Wildman–Crippen LogP) is 6.40. The van der Waals surface area contributed by atoms with Crippen molar-refractivity contribution >= 4 is 15.8 Å². The van der Waals surface area contributed by atoms with E-state index in [1.165, 1.54) is 16.9 Å². The Hall–Kier alpha value is -2.39. The molecule has 0 fully saturated rings. The summed E-state index contributed by atoms with van der Waals surface area (Å²) in [6.45, 7) is 19.6. The number of alkyl halides is 3. The molecule has 0 amide bonds. The number of allylic oxidation sites excluding steroid dienone is 12. The van der Waals surface area contributed by atoms with Crippen LogP contribution in [0, 0.1) is 10.8 Å². The summed E-state index contributed by atoms with van der Waals surface area (Å²) in [4.78, 5) is 0. The van der Waals surface area contributed by atoms with Crippen molar-refractivity contribution in [3.8, 4) is 0 Å². The van der Waals surface area contributed by atoms with E-state index < -0.39 is 15.6 Å². The van der Waals surface area contributed by atoms with Crippen molar-refractivity contribution in [2.75, 3.05) is 13.1 Å². The molecule has 1 heterocycles. The third-order valence-electron chi connectivity index (χ3n) is 5.07. The van der Waals surface area contributed by atoms with Gasteiger partial charge in [-0.15, -0.1) is 0 Å². The average Bonchev–Trinajstić information content (AvgIpc) is 2.71. The molecular weight excluding hydrogens is 479 g/mol. The first kappa shape index (κ1) is 30.6. The molecule has 0 aromatic rings. The van der Waals surface area contributed by atoms with Crippen molar-refractivity contribution < 1.29 is 35.5 Å². The first-order valence-corrected chi connectivity index (χ1v) is 12.7. The van der Waals surface area contributed by atoms with Crippen LogP contribution < -0.4 is 0 Å². The van der Waals surface area contributed by atoms with Crippen molar-refractivity contribution in [2.45, 2.75) is 60.9 Å². The summed E-state index contributed by atoms with van der Waals surface area (Å²) in [7, 11) is -6.09. The van der Waals surface area contributed by atoms with Crippen LogP contribution in [0.25, 0.3) is 0 Å². The first-order chi connectivity index (χ1) is 15.8. The summed E-state index contributed by atoms with van der Waals surface area (Å²) in [5.74, 6) is 2.04. The van der Waals surface area contributed by atoms with Crippen molar-refractivity contribution in [1.29, 1.82) is 0 Å². The molecule has 0 aromatic carbocycles. The normalized spacial score (nSPS) is 16.6. The lowest BCUT2D eigenvalue weighted by atomic mass is 9.87. The fraction of sp³-hybridized carbons (Fsp3) is 0.500. The van der Waals surface area contributed by atoms with Gasteiger partial charge >= 0.3 is 5.51 Å². The summed E-state index contributed by atoms with van der Waals surface area (Å²) in [6, 6.07) is 0. The second-order valence-corrected chi connectivity index (χ2v) is 11.5. The van der Waals surface area contributed by atoms with E-state index in [-0.39, 0.29) is 10.8 Å². The van der Waals surface area contributed by atoms with E-state index in [1.807, 2.05) is 0 Å². The van der Waals surface area contributed by atoms with Crippen molar-refractivity contribution in [1.82, 2.24) is 0 Å². The van der Waals surface area contributed by atoms with Crippen molar-refractivity contribution in [3.05, 3.63) is 71.3 Å². The number of nitrogens with zero attached hydrogens (tertiary/aromatic N) is 1. The van der Waals surface area contributed by atoms with Crippen molar-refractivity contribution in [3.63, 3.8) is 0 Å². The molecule has 0 atom stereocenters. The van der Waals surface area contributed by atoms with Crippen LogP contribution in [0.15, 0.2) is 71.3 Å². The number of hydrogen-bond donors (Lipinski definition) is 0. The van der Waals surface area contributed by atoms with Gasteiger partial charge in [-0.1, -0.05) is 53.7 Å². The molecule has 35 heavy (non-hydrogen) atoms. The number of hydrogen-bond acceptors (Lipinski definition) is 4. The van der Waals surface area contributed by atoms with E-state index in [9.17, 15) is 13.2 Å².